The normalized spacial score (nSPS) is 25.8. The number of hydrogen-bond acceptors (Lipinski definition) is 2. The minimum Gasteiger partial charge on any atom is -0.369 e. The second kappa shape index (κ2) is 5.05. The molecule has 3 heteroatoms. The minimum absolute atomic E-state index is 0.493. The van der Waals surface area contributed by atoms with Crippen molar-refractivity contribution >= 4 is 17.3 Å². The number of pyridine rings is 1. The molecule has 0 bridgehead atoms. The lowest BCUT2D eigenvalue weighted by Crippen LogP contribution is -2.40. The van der Waals surface area contributed by atoms with Crippen LogP contribution in [0.25, 0.3) is 0 Å². The Morgan fingerprint density at radius 3 is 3.00 bits per heavy atom. The zero-order valence-electron chi connectivity index (χ0n) is 9.99. The molecule has 0 spiro atoms. The van der Waals surface area contributed by atoms with Gasteiger partial charge in [0.05, 0.1) is 11.6 Å². The first-order valence-corrected chi connectivity index (χ1v) is 6.51. The monoisotopic (exact) mass is 238 g/mol. The van der Waals surface area contributed by atoms with Gasteiger partial charge in [-0.2, -0.15) is 0 Å². The van der Waals surface area contributed by atoms with Crippen LogP contribution in [0.3, 0.4) is 0 Å². The molecule has 0 saturated carbocycles. The molecular formula is C13H19ClN2. The van der Waals surface area contributed by atoms with Gasteiger partial charge in [-0.1, -0.05) is 6.92 Å². The van der Waals surface area contributed by atoms with Crippen LogP contribution in [-0.4, -0.2) is 17.6 Å². The Kier molecular flexibility index (Phi) is 3.70. The van der Waals surface area contributed by atoms with E-state index in [9.17, 15) is 0 Å². The number of halogens is 1. The largest absolute Gasteiger partial charge is 0.369 e. The molecule has 1 fully saturated rings. The molecule has 0 aliphatic carbocycles. The van der Waals surface area contributed by atoms with Gasteiger partial charge in [0.25, 0.3) is 0 Å². The van der Waals surface area contributed by atoms with Gasteiger partial charge in [-0.15, -0.1) is 11.6 Å². The number of piperidine rings is 1. The Morgan fingerprint density at radius 1 is 1.50 bits per heavy atom. The first-order valence-electron chi connectivity index (χ1n) is 5.98. The third-order valence-corrected chi connectivity index (χ3v) is 3.68. The highest BCUT2D eigenvalue weighted by Gasteiger charge is 2.22. The van der Waals surface area contributed by atoms with Gasteiger partial charge in [0.1, 0.15) is 0 Å². The van der Waals surface area contributed by atoms with E-state index in [0.717, 1.165) is 18.2 Å². The van der Waals surface area contributed by atoms with E-state index in [-0.39, 0.29) is 0 Å². The first-order chi connectivity index (χ1) is 7.70. The highest BCUT2D eigenvalue weighted by molar-refractivity contribution is 6.16. The molecule has 1 aliphatic rings. The Morgan fingerprint density at radius 2 is 2.31 bits per heavy atom. The van der Waals surface area contributed by atoms with Crippen molar-refractivity contribution in [1.29, 1.82) is 0 Å². The van der Waals surface area contributed by atoms with Gasteiger partial charge in [-0.3, -0.25) is 4.98 Å². The van der Waals surface area contributed by atoms with E-state index in [1.807, 2.05) is 6.20 Å². The molecule has 88 valence electrons. The summed E-state index contributed by atoms with van der Waals surface area (Å²) < 4.78 is 0. The van der Waals surface area contributed by atoms with Crippen molar-refractivity contribution in [3.63, 3.8) is 0 Å². The maximum absolute atomic E-state index is 5.82. The van der Waals surface area contributed by atoms with E-state index in [1.54, 1.807) is 0 Å². The molecule has 0 aromatic carbocycles. The molecule has 2 nitrogen and oxygen atoms in total. The van der Waals surface area contributed by atoms with Crippen LogP contribution < -0.4 is 4.90 Å². The van der Waals surface area contributed by atoms with E-state index >= 15 is 0 Å². The highest BCUT2D eigenvalue weighted by Crippen LogP contribution is 2.27. The van der Waals surface area contributed by atoms with Crippen LogP contribution in [0.1, 0.15) is 32.4 Å². The van der Waals surface area contributed by atoms with Crippen LogP contribution in [0.15, 0.2) is 18.3 Å². The molecule has 2 heterocycles. The molecule has 1 aromatic rings. The molecule has 2 atom stereocenters. The number of alkyl halides is 1. The van der Waals surface area contributed by atoms with Crippen molar-refractivity contribution < 1.29 is 0 Å². The fourth-order valence-corrected chi connectivity index (χ4v) is 2.65. The van der Waals surface area contributed by atoms with Crippen molar-refractivity contribution in [2.75, 3.05) is 11.4 Å². The Hall–Kier alpha value is -0.760. The fraction of sp³-hybridized carbons (Fsp3) is 0.615. The van der Waals surface area contributed by atoms with E-state index in [0.29, 0.717) is 11.9 Å². The van der Waals surface area contributed by atoms with Crippen LogP contribution in [0.5, 0.6) is 0 Å². The molecule has 2 unspecified atom stereocenters. The molecule has 16 heavy (non-hydrogen) atoms. The lowest BCUT2D eigenvalue weighted by molar-refractivity contribution is 0.378. The second-order valence-corrected chi connectivity index (χ2v) is 5.08. The van der Waals surface area contributed by atoms with Crippen LogP contribution in [-0.2, 0) is 5.88 Å². The lowest BCUT2D eigenvalue weighted by Gasteiger charge is -2.38. The van der Waals surface area contributed by atoms with Crippen LogP contribution in [0.4, 0.5) is 5.69 Å². The maximum Gasteiger partial charge on any atom is 0.0648 e. The Labute approximate surface area is 103 Å². The Balaban J connectivity index is 2.16. The van der Waals surface area contributed by atoms with Crippen LogP contribution in [0, 0.1) is 5.92 Å². The molecule has 1 saturated heterocycles. The van der Waals surface area contributed by atoms with Crippen molar-refractivity contribution in [1.82, 2.24) is 4.98 Å². The SMILES string of the molecule is CC1CCN(c2ccnc(CCl)c2)C(C)C1. The number of nitrogens with zero attached hydrogens (tertiary/aromatic N) is 2. The van der Waals surface area contributed by atoms with Crippen LogP contribution in [0.2, 0.25) is 0 Å². The van der Waals surface area contributed by atoms with E-state index in [1.165, 1.54) is 18.5 Å². The molecule has 0 radical (unpaired) electrons. The standard InChI is InChI=1S/C13H19ClN2/c1-10-4-6-16(11(2)7-10)13-3-5-15-12(8-13)9-14/h3,5,8,10-11H,4,6-7,9H2,1-2H3. The molecule has 0 N–H and O–H groups in total. The third-order valence-electron chi connectivity index (χ3n) is 3.41. The summed E-state index contributed by atoms with van der Waals surface area (Å²) in [6, 6.07) is 4.82. The maximum atomic E-state index is 5.82. The topological polar surface area (TPSA) is 16.1 Å². The second-order valence-electron chi connectivity index (χ2n) is 4.81. The lowest BCUT2D eigenvalue weighted by atomic mass is 9.93. The van der Waals surface area contributed by atoms with Crippen molar-refractivity contribution in [3.8, 4) is 0 Å². The van der Waals surface area contributed by atoms with Crippen LogP contribution >= 0.6 is 11.6 Å². The van der Waals surface area contributed by atoms with Gasteiger partial charge in [0.15, 0.2) is 0 Å². The number of hydrogen-bond donors (Lipinski definition) is 0. The number of aromatic nitrogens is 1. The summed E-state index contributed by atoms with van der Waals surface area (Å²) in [6.07, 6.45) is 4.42. The summed E-state index contributed by atoms with van der Waals surface area (Å²) in [6.45, 7) is 5.79. The van der Waals surface area contributed by atoms with Gasteiger partial charge in [0, 0.05) is 24.5 Å². The van der Waals surface area contributed by atoms with Gasteiger partial charge < -0.3 is 4.90 Å². The van der Waals surface area contributed by atoms with Gasteiger partial charge in [-0.05, 0) is 37.8 Å². The van der Waals surface area contributed by atoms with Gasteiger partial charge in [-0.25, -0.2) is 0 Å². The highest BCUT2D eigenvalue weighted by atomic mass is 35.5. The quantitative estimate of drug-likeness (QED) is 0.734. The molecule has 2 rings (SSSR count). The van der Waals surface area contributed by atoms with Crippen molar-refractivity contribution in [2.45, 2.75) is 38.6 Å². The number of anilines is 1. The van der Waals surface area contributed by atoms with Gasteiger partial charge >= 0.3 is 0 Å². The smallest absolute Gasteiger partial charge is 0.0648 e. The summed E-state index contributed by atoms with van der Waals surface area (Å²) in [5.74, 6) is 1.34. The minimum atomic E-state index is 0.493. The zero-order chi connectivity index (χ0) is 11.5. The molecule has 1 aromatic heterocycles. The molecular weight excluding hydrogens is 220 g/mol. The van der Waals surface area contributed by atoms with Crippen molar-refractivity contribution in [2.24, 2.45) is 5.92 Å². The fourth-order valence-electron chi connectivity index (χ4n) is 2.51. The predicted molar refractivity (Wildman–Crippen MR) is 69.0 cm³/mol. The predicted octanol–water partition coefficient (Wildman–Crippen LogP) is 3.45. The molecule has 1 aliphatic heterocycles. The first kappa shape index (κ1) is 11.7. The van der Waals surface area contributed by atoms with E-state index in [2.05, 4.69) is 35.9 Å². The summed E-state index contributed by atoms with van der Waals surface area (Å²) in [4.78, 5) is 6.70. The Bertz CT molecular complexity index is 354. The summed E-state index contributed by atoms with van der Waals surface area (Å²) in [5, 5.41) is 0. The zero-order valence-corrected chi connectivity index (χ0v) is 10.7. The third kappa shape index (κ3) is 2.49. The average molecular weight is 239 g/mol. The van der Waals surface area contributed by atoms with E-state index in [4.69, 9.17) is 11.6 Å². The summed E-state index contributed by atoms with van der Waals surface area (Å²) in [7, 11) is 0. The summed E-state index contributed by atoms with van der Waals surface area (Å²) >= 11 is 5.82. The molecule has 0 amide bonds. The summed E-state index contributed by atoms with van der Waals surface area (Å²) in [5.41, 5.74) is 2.23. The van der Waals surface area contributed by atoms with Gasteiger partial charge in [0.2, 0.25) is 0 Å². The van der Waals surface area contributed by atoms with Crippen molar-refractivity contribution in [3.05, 3.63) is 24.0 Å². The average Bonchev–Trinajstić information content (AvgIpc) is 2.29. The number of rotatable bonds is 2. The van der Waals surface area contributed by atoms with E-state index < -0.39 is 0 Å².